The fraction of sp³-hybridized carbons (Fsp3) is 0.259. The van der Waals surface area contributed by atoms with E-state index in [1.807, 2.05) is 18.4 Å². The maximum absolute atomic E-state index is 12.6. The smallest absolute Gasteiger partial charge is 0.298 e. The summed E-state index contributed by atoms with van der Waals surface area (Å²) in [5.74, 6) is 0.257. The van der Waals surface area contributed by atoms with E-state index in [2.05, 4.69) is 15.0 Å². The van der Waals surface area contributed by atoms with Crippen molar-refractivity contribution in [2.24, 2.45) is 0 Å². The molecular formula is C27H29ClN4O5S. The molecule has 0 saturated carbocycles. The number of β-amino-alcohol motifs (C(OH)–C–C–N with tert-alkyl or cyclic N) is 1. The highest BCUT2D eigenvalue weighted by atomic mass is 35.5. The van der Waals surface area contributed by atoms with Gasteiger partial charge in [-0.1, -0.05) is 41.9 Å². The molecule has 0 amide bonds. The van der Waals surface area contributed by atoms with Gasteiger partial charge in [-0.05, 0) is 56.2 Å². The van der Waals surface area contributed by atoms with Crippen molar-refractivity contribution < 1.29 is 23.1 Å². The normalized spacial score (nSPS) is 12.8. The Bertz CT molecular complexity index is 1520. The lowest BCUT2D eigenvalue weighted by Gasteiger charge is -2.28. The summed E-state index contributed by atoms with van der Waals surface area (Å²) in [7, 11) is -3.73. The second-order valence-electron chi connectivity index (χ2n) is 9.50. The minimum atomic E-state index is -3.73. The Labute approximate surface area is 226 Å². The summed E-state index contributed by atoms with van der Waals surface area (Å²) in [6, 6.07) is 18.2. The second kappa shape index (κ2) is 11.5. The van der Waals surface area contributed by atoms with E-state index in [-0.39, 0.29) is 22.7 Å². The van der Waals surface area contributed by atoms with E-state index in [1.54, 1.807) is 60.9 Å². The molecule has 9 nitrogen and oxygen atoms in total. The number of anilines is 1. The minimum Gasteiger partial charge on any atom is -0.427 e. The van der Waals surface area contributed by atoms with E-state index in [9.17, 15) is 18.3 Å². The zero-order valence-corrected chi connectivity index (χ0v) is 22.5. The zero-order valence-electron chi connectivity index (χ0n) is 21.0. The molecular weight excluding hydrogens is 528 g/mol. The Morgan fingerprint density at radius 3 is 2.63 bits per heavy atom. The van der Waals surface area contributed by atoms with Gasteiger partial charge in [-0.15, -0.1) is 0 Å². The number of imidazole rings is 1. The molecule has 38 heavy (non-hydrogen) atoms. The molecule has 0 spiro atoms. The van der Waals surface area contributed by atoms with Crippen LogP contribution in [0.5, 0.6) is 5.75 Å². The number of nitrogens with zero attached hydrogens (tertiary/aromatic N) is 2. The van der Waals surface area contributed by atoms with Crippen LogP contribution >= 0.6 is 11.6 Å². The third kappa shape index (κ3) is 6.70. The number of aryl methyl sites for hydroxylation is 1. The summed E-state index contributed by atoms with van der Waals surface area (Å²) in [6.45, 7) is 5.29. The van der Waals surface area contributed by atoms with Gasteiger partial charge in [0.2, 0.25) is 0 Å². The molecule has 0 aliphatic rings. The fourth-order valence-corrected chi connectivity index (χ4v) is 5.26. The molecule has 3 aromatic carbocycles. The minimum absolute atomic E-state index is 0.164. The topological polar surface area (TPSA) is 123 Å². The van der Waals surface area contributed by atoms with E-state index in [1.165, 1.54) is 12.1 Å². The first-order valence-electron chi connectivity index (χ1n) is 11.9. The molecule has 0 radical (unpaired) electrons. The third-order valence-corrected chi connectivity index (χ3v) is 7.87. The Morgan fingerprint density at radius 1 is 1.13 bits per heavy atom. The molecule has 0 aliphatic carbocycles. The zero-order chi connectivity index (χ0) is 27.3. The molecule has 0 fully saturated rings. The molecule has 3 N–H and O–H groups in total. The van der Waals surface area contributed by atoms with Gasteiger partial charge in [0, 0.05) is 30.4 Å². The number of aromatic nitrogens is 2. The number of hydrogen-bond acceptors (Lipinski definition) is 7. The van der Waals surface area contributed by atoms with Gasteiger partial charge in [-0.3, -0.25) is 9.52 Å². The van der Waals surface area contributed by atoms with Crippen molar-refractivity contribution in [2.75, 3.05) is 11.3 Å². The molecule has 0 aliphatic heterocycles. The number of hydrogen-bond donors (Lipinski definition) is 3. The number of ether oxygens (including phenoxy) is 1. The van der Waals surface area contributed by atoms with Crippen LogP contribution in [0.1, 0.15) is 31.9 Å². The van der Waals surface area contributed by atoms with Gasteiger partial charge >= 0.3 is 0 Å². The largest absolute Gasteiger partial charge is 0.427 e. The van der Waals surface area contributed by atoms with E-state index in [0.717, 1.165) is 5.52 Å². The summed E-state index contributed by atoms with van der Waals surface area (Å²) < 4.78 is 34.7. The van der Waals surface area contributed by atoms with Gasteiger partial charge in [-0.25, -0.2) is 13.4 Å². The van der Waals surface area contributed by atoms with Crippen molar-refractivity contribution in [3.8, 4) is 5.75 Å². The predicted octanol–water partition coefficient (Wildman–Crippen LogP) is 4.52. The Kier molecular flexibility index (Phi) is 8.37. The number of halogens is 1. The quantitative estimate of drug-likeness (QED) is 0.219. The van der Waals surface area contributed by atoms with Crippen LogP contribution in [-0.4, -0.2) is 41.6 Å². The molecule has 11 heteroatoms. The standard InChI is InChI=1S/C27H29ClN4O5S/c1-27(2,11-12-32-17-29-23-15-26(37-18-33)22(28)14-24(23)32)30-16-25(34)19-7-6-8-20(13-19)31-38(35,36)21-9-4-3-5-10-21/h3-10,13-15,17-18,25,30-31,34H,11-12,16H2,1-2H3/t25-/m0/s1. The third-order valence-electron chi connectivity index (χ3n) is 6.18. The van der Waals surface area contributed by atoms with Crippen molar-refractivity contribution in [3.05, 3.63) is 83.6 Å². The number of nitrogens with one attached hydrogen (secondary N) is 2. The summed E-state index contributed by atoms with van der Waals surface area (Å²) in [4.78, 5) is 15.2. The first-order chi connectivity index (χ1) is 18.1. The van der Waals surface area contributed by atoms with Crippen LogP contribution < -0.4 is 14.8 Å². The molecule has 200 valence electrons. The van der Waals surface area contributed by atoms with Gasteiger partial charge in [0.15, 0.2) is 5.75 Å². The van der Waals surface area contributed by atoms with Crippen molar-refractivity contribution in [1.29, 1.82) is 0 Å². The molecule has 1 heterocycles. The average Bonchev–Trinajstić information content (AvgIpc) is 3.28. The number of aliphatic hydroxyl groups excluding tert-OH is 1. The molecule has 0 bridgehead atoms. The maximum atomic E-state index is 12.6. The van der Waals surface area contributed by atoms with E-state index in [0.29, 0.717) is 41.2 Å². The lowest BCUT2D eigenvalue weighted by molar-refractivity contribution is -0.120. The monoisotopic (exact) mass is 556 g/mol. The van der Waals surface area contributed by atoms with Crippen LogP contribution in [0.3, 0.4) is 0 Å². The van der Waals surface area contributed by atoms with Crippen LogP contribution in [-0.2, 0) is 21.4 Å². The Morgan fingerprint density at radius 2 is 1.89 bits per heavy atom. The van der Waals surface area contributed by atoms with Crippen LogP contribution in [0.2, 0.25) is 5.02 Å². The van der Waals surface area contributed by atoms with E-state index < -0.39 is 16.1 Å². The van der Waals surface area contributed by atoms with E-state index >= 15 is 0 Å². The molecule has 1 atom stereocenters. The van der Waals surface area contributed by atoms with Gasteiger partial charge in [0.05, 0.1) is 33.4 Å². The summed E-state index contributed by atoms with van der Waals surface area (Å²) >= 11 is 6.22. The highest BCUT2D eigenvalue weighted by Crippen LogP contribution is 2.30. The van der Waals surface area contributed by atoms with Crippen molar-refractivity contribution in [3.63, 3.8) is 0 Å². The number of carbonyl (C=O) groups excluding carboxylic acids is 1. The number of sulfonamides is 1. The fourth-order valence-electron chi connectivity index (χ4n) is 3.98. The van der Waals surface area contributed by atoms with Crippen LogP contribution in [0.4, 0.5) is 5.69 Å². The van der Waals surface area contributed by atoms with Crippen LogP contribution in [0.15, 0.2) is 78.0 Å². The Balaban J connectivity index is 1.36. The number of carbonyl (C=O) groups is 1. The summed E-state index contributed by atoms with van der Waals surface area (Å²) in [6.07, 6.45) is 1.57. The average molecular weight is 557 g/mol. The molecule has 4 rings (SSSR count). The van der Waals surface area contributed by atoms with Gasteiger partial charge in [-0.2, -0.15) is 0 Å². The predicted molar refractivity (Wildman–Crippen MR) is 147 cm³/mol. The SMILES string of the molecule is CC(C)(CCn1cnc2cc(OC=O)c(Cl)cc21)NC[C@H](O)c1cccc(NS(=O)(=O)c2ccccc2)c1. The molecule has 0 unspecified atom stereocenters. The number of aliphatic hydroxyl groups is 1. The summed E-state index contributed by atoms with van der Waals surface area (Å²) in [5.41, 5.74) is 2.10. The number of benzene rings is 3. The van der Waals surface area contributed by atoms with Crippen LogP contribution in [0, 0.1) is 0 Å². The maximum Gasteiger partial charge on any atom is 0.298 e. The van der Waals surface area contributed by atoms with Crippen molar-refractivity contribution in [2.45, 2.75) is 43.4 Å². The Hall–Kier alpha value is -3.44. The number of fused-ring (bicyclic) bond motifs is 1. The number of rotatable bonds is 12. The van der Waals surface area contributed by atoms with Gasteiger partial charge in [0.1, 0.15) is 0 Å². The van der Waals surface area contributed by atoms with Crippen molar-refractivity contribution >= 4 is 44.8 Å². The lowest BCUT2D eigenvalue weighted by atomic mass is 9.99. The highest BCUT2D eigenvalue weighted by Gasteiger charge is 2.21. The van der Waals surface area contributed by atoms with Gasteiger partial charge < -0.3 is 19.7 Å². The highest BCUT2D eigenvalue weighted by molar-refractivity contribution is 7.92. The molecule has 4 aromatic rings. The summed E-state index contributed by atoms with van der Waals surface area (Å²) in [5, 5.41) is 14.5. The van der Waals surface area contributed by atoms with Gasteiger partial charge in [0.25, 0.3) is 16.5 Å². The second-order valence-corrected chi connectivity index (χ2v) is 11.6. The van der Waals surface area contributed by atoms with E-state index in [4.69, 9.17) is 16.3 Å². The molecule has 0 saturated heterocycles. The molecule has 1 aromatic heterocycles. The first-order valence-corrected chi connectivity index (χ1v) is 13.8. The first kappa shape index (κ1) is 27.6. The van der Waals surface area contributed by atoms with Crippen molar-refractivity contribution in [1.82, 2.24) is 14.9 Å². The van der Waals surface area contributed by atoms with Crippen LogP contribution in [0.25, 0.3) is 11.0 Å². The lowest BCUT2D eigenvalue weighted by Crippen LogP contribution is -2.42.